The summed E-state index contributed by atoms with van der Waals surface area (Å²) < 4.78 is 0. The summed E-state index contributed by atoms with van der Waals surface area (Å²) in [6, 6.07) is 18.7. The average Bonchev–Trinajstić information content (AvgIpc) is 2.63. The zero-order valence-electron chi connectivity index (χ0n) is 13.7. The van der Waals surface area contributed by atoms with Gasteiger partial charge in [-0.1, -0.05) is 61.0 Å². The predicted octanol–water partition coefficient (Wildman–Crippen LogP) is 3.45. The van der Waals surface area contributed by atoms with Gasteiger partial charge in [0.2, 0.25) is 5.91 Å². The Morgan fingerprint density at radius 3 is 2.57 bits per heavy atom. The second-order valence-electron chi connectivity index (χ2n) is 6.22. The molecule has 0 aromatic heterocycles. The van der Waals surface area contributed by atoms with Crippen molar-refractivity contribution in [3.63, 3.8) is 0 Å². The van der Waals surface area contributed by atoms with Gasteiger partial charge in [0.25, 0.3) is 0 Å². The van der Waals surface area contributed by atoms with E-state index in [4.69, 9.17) is 0 Å². The first-order valence-corrected chi connectivity index (χ1v) is 8.37. The molecule has 1 amide bonds. The normalized spacial score (nSPS) is 17.7. The van der Waals surface area contributed by atoms with E-state index in [1.165, 1.54) is 23.1 Å². The Morgan fingerprint density at radius 2 is 1.83 bits per heavy atom. The molecule has 1 aliphatic rings. The van der Waals surface area contributed by atoms with Crippen molar-refractivity contribution in [1.29, 1.82) is 0 Å². The van der Waals surface area contributed by atoms with E-state index in [0.717, 1.165) is 19.4 Å². The molecule has 1 fully saturated rings. The number of carbonyl (C=O) groups is 1. The van der Waals surface area contributed by atoms with Crippen LogP contribution in [0.1, 0.15) is 24.8 Å². The molecule has 1 atom stereocenters. The molecule has 1 N–H and O–H groups in total. The van der Waals surface area contributed by atoms with Crippen LogP contribution in [0.15, 0.2) is 54.6 Å². The molecule has 1 unspecified atom stereocenters. The lowest BCUT2D eigenvalue weighted by Gasteiger charge is -2.28. The number of rotatable bonds is 4. The molecule has 120 valence electrons. The van der Waals surface area contributed by atoms with Crippen molar-refractivity contribution < 1.29 is 4.79 Å². The molecule has 0 radical (unpaired) electrons. The first-order valence-electron chi connectivity index (χ1n) is 8.37. The van der Waals surface area contributed by atoms with Gasteiger partial charge in [-0.05, 0) is 36.1 Å². The Kier molecular flexibility index (Phi) is 5.09. The van der Waals surface area contributed by atoms with E-state index < -0.39 is 0 Å². The van der Waals surface area contributed by atoms with Crippen molar-refractivity contribution in [3.05, 3.63) is 60.2 Å². The minimum Gasteiger partial charge on any atom is -0.340 e. The van der Waals surface area contributed by atoms with Gasteiger partial charge >= 0.3 is 0 Å². The number of hydrogen-bond donors (Lipinski definition) is 1. The third kappa shape index (κ3) is 3.80. The molecular formula is C20H24N2O. The number of likely N-dealkylation sites (N-methyl/N-ethyl adjacent to an activating group) is 1. The Balaban J connectivity index is 1.76. The highest BCUT2D eigenvalue weighted by atomic mass is 16.2. The highest BCUT2D eigenvalue weighted by molar-refractivity contribution is 5.82. The van der Waals surface area contributed by atoms with E-state index in [2.05, 4.69) is 35.6 Å². The summed E-state index contributed by atoms with van der Waals surface area (Å²) in [4.78, 5) is 14.5. The van der Waals surface area contributed by atoms with Crippen LogP contribution < -0.4 is 5.32 Å². The first-order chi connectivity index (χ1) is 11.3. The molecule has 2 aromatic carbocycles. The molecule has 1 aliphatic heterocycles. The van der Waals surface area contributed by atoms with Crippen molar-refractivity contribution >= 4 is 5.91 Å². The van der Waals surface area contributed by atoms with E-state index in [1.54, 1.807) is 0 Å². The Hall–Kier alpha value is -2.13. The highest BCUT2D eigenvalue weighted by Crippen LogP contribution is 2.24. The fourth-order valence-corrected chi connectivity index (χ4v) is 3.22. The number of hydrogen-bond acceptors (Lipinski definition) is 2. The number of benzene rings is 2. The van der Waals surface area contributed by atoms with Gasteiger partial charge in [-0.3, -0.25) is 4.79 Å². The van der Waals surface area contributed by atoms with Crippen LogP contribution in [0.2, 0.25) is 0 Å². The quantitative estimate of drug-likeness (QED) is 0.938. The largest absolute Gasteiger partial charge is 0.340 e. The predicted molar refractivity (Wildman–Crippen MR) is 94.0 cm³/mol. The second-order valence-corrected chi connectivity index (χ2v) is 6.22. The molecule has 1 saturated heterocycles. The minimum atomic E-state index is -0.0161. The molecule has 0 saturated carbocycles. The van der Waals surface area contributed by atoms with Crippen LogP contribution in [0.4, 0.5) is 0 Å². The summed E-state index contributed by atoms with van der Waals surface area (Å²) in [7, 11) is 1.90. The number of nitrogens with one attached hydrogen (secondary N) is 1. The lowest BCUT2D eigenvalue weighted by Crippen LogP contribution is -2.47. The fourth-order valence-electron chi connectivity index (χ4n) is 3.22. The first kappa shape index (κ1) is 15.8. The van der Waals surface area contributed by atoms with Crippen molar-refractivity contribution in [1.82, 2.24) is 10.2 Å². The molecule has 0 aliphatic carbocycles. The van der Waals surface area contributed by atoms with Crippen LogP contribution >= 0.6 is 0 Å². The van der Waals surface area contributed by atoms with E-state index in [0.29, 0.717) is 6.54 Å². The third-order valence-corrected chi connectivity index (χ3v) is 4.49. The Labute approximate surface area is 138 Å². The van der Waals surface area contributed by atoms with Gasteiger partial charge in [-0.25, -0.2) is 0 Å². The number of nitrogens with zero attached hydrogens (tertiary/aromatic N) is 1. The highest BCUT2D eigenvalue weighted by Gasteiger charge is 2.23. The SMILES string of the molecule is CN(Cc1ccccc1-c1ccccc1)C(=O)C1CCCCN1. The van der Waals surface area contributed by atoms with Crippen LogP contribution in [0.25, 0.3) is 11.1 Å². The van der Waals surface area contributed by atoms with Gasteiger partial charge in [-0.2, -0.15) is 0 Å². The summed E-state index contributed by atoms with van der Waals surface area (Å²) in [5.74, 6) is 0.201. The molecule has 3 nitrogen and oxygen atoms in total. The van der Waals surface area contributed by atoms with Crippen LogP contribution in [0.5, 0.6) is 0 Å². The van der Waals surface area contributed by atoms with E-state index in [1.807, 2.05) is 36.2 Å². The summed E-state index contributed by atoms with van der Waals surface area (Å²) in [5.41, 5.74) is 3.58. The lowest BCUT2D eigenvalue weighted by molar-refractivity contribution is -0.133. The summed E-state index contributed by atoms with van der Waals surface area (Å²) in [6.45, 7) is 1.59. The lowest BCUT2D eigenvalue weighted by atomic mass is 9.99. The average molecular weight is 308 g/mol. The topological polar surface area (TPSA) is 32.3 Å². The number of piperidine rings is 1. The van der Waals surface area contributed by atoms with Crippen LogP contribution in [0.3, 0.4) is 0 Å². The fraction of sp³-hybridized carbons (Fsp3) is 0.350. The smallest absolute Gasteiger partial charge is 0.239 e. The van der Waals surface area contributed by atoms with E-state index >= 15 is 0 Å². The molecule has 0 spiro atoms. The Bertz CT molecular complexity index is 648. The van der Waals surface area contributed by atoms with E-state index in [-0.39, 0.29) is 11.9 Å². The summed E-state index contributed by atoms with van der Waals surface area (Å²) in [5, 5.41) is 3.34. The van der Waals surface area contributed by atoms with Gasteiger partial charge in [0.05, 0.1) is 6.04 Å². The maximum Gasteiger partial charge on any atom is 0.239 e. The van der Waals surface area contributed by atoms with E-state index in [9.17, 15) is 4.79 Å². The van der Waals surface area contributed by atoms with Crippen LogP contribution in [-0.4, -0.2) is 30.4 Å². The van der Waals surface area contributed by atoms with Gasteiger partial charge in [0.1, 0.15) is 0 Å². The number of amides is 1. The third-order valence-electron chi connectivity index (χ3n) is 4.49. The maximum atomic E-state index is 12.6. The van der Waals surface area contributed by atoms with Crippen LogP contribution in [0, 0.1) is 0 Å². The molecule has 2 aromatic rings. The minimum absolute atomic E-state index is 0.0161. The van der Waals surface area contributed by atoms with Gasteiger partial charge in [-0.15, -0.1) is 0 Å². The Morgan fingerprint density at radius 1 is 1.09 bits per heavy atom. The summed E-state index contributed by atoms with van der Waals surface area (Å²) >= 11 is 0. The zero-order chi connectivity index (χ0) is 16.1. The standard InChI is InChI=1S/C20H24N2O/c1-22(20(23)19-13-7-8-14-21-19)15-17-11-5-6-12-18(17)16-9-3-2-4-10-16/h2-6,9-12,19,21H,7-8,13-15H2,1H3. The molecular weight excluding hydrogens is 284 g/mol. The van der Waals surface area contributed by atoms with Gasteiger partial charge in [0.15, 0.2) is 0 Å². The molecule has 3 heteroatoms. The summed E-state index contributed by atoms with van der Waals surface area (Å²) in [6.07, 6.45) is 3.26. The molecule has 23 heavy (non-hydrogen) atoms. The van der Waals surface area contributed by atoms with Crippen molar-refractivity contribution in [2.75, 3.05) is 13.6 Å². The second kappa shape index (κ2) is 7.42. The molecule has 0 bridgehead atoms. The van der Waals surface area contributed by atoms with Crippen molar-refractivity contribution in [2.45, 2.75) is 31.8 Å². The molecule has 3 rings (SSSR count). The maximum absolute atomic E-state index is 12.6. The van der Waals surface area contributed by atoms with Gasteiger partial charge < -0.3 is 10.2 Å². The monoisotopic (exact) mass is 308 g/mol. The van der Waals surface area contributed by atoms with Crippen molar-refractivity contribution in [2.24, 2.45) is 0 Å². The van der Waals surface area contributed by atoms with Crippen molar-refractivity contribution in [3.8, 4) is 11.1 Å². The van der Waals surface area contributed by atoms with Crippen LogP contribution in [-0.2, 0) is 11.3 Å². The zero-order valence-corrected chi connectivity index (χ0v) is 13.7. The molecule has 1 heterocycles. The number of carbonyl (C=O) groups excluding carboxylic acids is 1. The van der Waals surface area contributed by atoms with Gasteiger partial charge in [0, 0.05) is 13.6 Å².